The van der Waals surface area contributed by atoms with E-state index >= 15 is 0 Å². The summed E-state index contributed by atoms with van der Waals surface area (Å²) in [6, 6.07) is 3.23. The predicted octanol–water partition coefficient (Wildman–Crippen LogP) is 1.41. The maximum atomic E-state index is 12.4. The van der Waals surface area contributed by atoms with Crippen molar-refractivity contribution in [2.24, 2.45) is 5.14 Å². The van der Waals surface area contributed by atoms with E-state index in [0.29, 0.717) is 17.7 Å². The van der Waals surface area contributed by atoms with Gasteiger partial charge < -0.3 is 5.32 Å². The fourth-order valence-corrected chi connectivity index (χ4v) is 3.49. The highest BCUT2D eigenvalue weighted by molar-refractivity contribution is 7.89. The lowest BCUT2D eigenvalue weighted by Gasteiger charge is -2.26. The van der Waals surface area contributed by atoms with Gasteiger partial charge in [0, 0.05) is 18.2 Å². The Balaban J connectivity index is 2.97. The van der Waals surface area contributed by atoms with Crippen molar-refractivity contribution >= 4 is 15.9 Å². The molecule has 0 unspecified atom stereocenters. The summed E-state index contributed by atoms with van der Waals surface area (Å²) >= 11 is 0. The minimum atomic E-state index is -3.85. The van der Waals surface area contributed by atoms with Gasteiger partial charge in [-0.1, -0.05) is 19.9 Å². The molecule has 0 radical (unpaired) electrons. The van der Waals surface area contributed by atoms with Crippen LogP contribution in [0.5, 0.6) is 0 Å². The number of nitrogens with one attached hydrogen (secondary N) is 1. The molecular formula is C16H27N3O3S. The highest BCUT2D eigenvalue weighted by Gasteiger charge is 2.18. The van der Waals surface area contributed by atoms with Gasteiger partial charge in [-0.3, -0.25) is 9.69 Å². The molecule has 0 spiro atoms. The Kier molecular flexibility index (Phi) is 6.73. The Hall–Kier alpha value is -1.44. The molecule has 0 aliphatic heterocycles. The SMILES string of the molecule is CCN(CC)[C@H](C)CNC(=O)c1cc(S(N)(=O)=O)c(C)cc1C. The van der Waals surface area contributed by atoms with E-state index in [9.17, 15) is 13.2 Å². The van der Waals surface area contributed by atoms with Crippen molar-refractivity contribution in [1.82, 2.24) is 10.2 Å². The topological polar surface area (TPSA) is 92.5 Å². The van der Waals surface area contributed by atoms with Crippen molar-refractivity contribution in [2.45, 2.75) is 45.6 Å². The third kappa shape index (κ3) is 5.02. The van der Waals surface area contributed by atoms with E-state index < -0.39 is 10.0 Å². The fraction of sp³-hybridized carbons (Fsp3) is 0.562. The summed E-state index contributed by atoms with van der Waals surface area (Å²) in [6.45, 7) is 12.0. The average Bonchev–Trinajstić information content (AvgIpc) is 2.44. The number of carbonyl (C=O) groups is 1. The number of hydrogen-bond acceptors (Lipinski definition) is 4. The zero-order valence-electron chi connectivity index (χ0n) is 14.5. The van der Waals surface area contributed by atoms with Gasteiger partial charge in [-0.05, 0) is 51.1 Å². The number of primary sulfonamides is 1. The molecule has 0 fully saturated rings. The predicted molar refractivity (Wildman–Crippen MR) is 92.0 cm³/mol. The van der Waals surface area contributed by atoms with Crippen LogP contribution >= 0.6 is 0 Å². The number of likely N-dealkylation sites (N-methyl/N-ethyl adjacent to an activating group) is 1. The summed E-state index contributed by atoms with van der Waals surface area (Å²) in [7, 11) is -3.85. The Labute approximate surface area is 139 Å². The quantitative estimate of drug-likeness (QED) is 0.784. The molecule has 0 bridgehead atoms. The van der Waals surface area contributed by atoms with Gasteiger partial charge in [-0.25, -0.2) is 13.6 Å². The molecule has 23 heavy (non-hydrogen) atoms. The maximum absolute atomic E-state index is 12.4. The summed E-state index contributed by atoms with van der Waals surface area (Å²) in [5, 5.41) is 8.08. The van der Waals surface area contributed by atoms with Crippen molar-refractivity contribution in [1.29, 1.82) is 0 Å². The van der Waals surface area contributed by atoms with Gasteiger partial charge >= 0.3 is 0 Å². The van der Waals surface area contributed by atoms with E-state index in [4.69, 9.17) is 5.14 Å². The normalized spacial score (nSPS) is 13.2. The van der Waals surface area contributed by atoms with Crippen LogP contribution < -0.4 is 10.5 Å². The first-order valence-electron chi connectivity index (χ1n) is 7.78. The molecule has 3 N–H and O–H groups in total. The molecule has 7 heteroatoms. The van der Waals surface area contributed by atoms with Crippen LogP contribution in [-0.4, -0.2) is 44.9 Å². The van der Waals surface area contributed by atoms with Crippen molar-refractivity contribution in [3.63, 3.8) is 0 Å². The summed E-state index contributed by atoms with van der Waals surface area (Å²) < 4.78 is 23.2. The number of amides is 1. The van der Waals surface area contributed by atoms with Crippen LogP contribution in [0.4, 0.5) is 0 Å². The van der Waals surface area contributed by atoms with Crippen molar-refractivity contribution < 1.29 is 13.2 Å². The van der Waals surface area contributed by atoms with Gasteiger partial charge in [0.25, 0.3) is 5.91 Å². The zero-order valence-corrected chi connectivity index (χ0v) is 15.3. The second kappa shape index (κ2) is 7.90. The van der Waals surface area contributed by atoms with Crippen LogP contribution in [-0.2, 0) is 10.0 Å². The highest BCUT2D eigenvalue weighted by atomic mass is 32.2. The van der Waals surface area contributed by atoms with Gasteiger partial charge in [0.05, 0.1) is 4.90 Å². The first-order valence-corrected chi connectivity index (χ1v) is 9.32. The molecule has 130 valence electrons. The number of sulfonamides is 1. The molecule has 6 nitrogen and oxygen atoms in total. The van der Waals surface area contributed by atoms with Gasteiger partial charge in [-0.2, -0.15) is 0 Å². The van der Waals surface area contributed by atoms with Crippen LogP contribution in [0.2, 0.25) is 0 Å². The van der Waals surface area contributed by atoms with E-state index in [1.54, 1.807) is 19.9 Å². The molecular weight excluding hydrogens is 314 g/mol. The second-order valence-electron chi connectivity index (χ2n) is 5.76. The third-order valence-electron chi connectivity index (χ3n) is 4.07. The number of nitrogens with two attached hydrogens (primary N) is 1. The standard InChI is InChI=1S/C16H27N3O3S/c1-6-19(7-2)13(5)10-18-16(20)14-9-15(23(17,21)22)12(4)8-11(14)3/h8-9,13H,6-7,10H2,1-5H3,(H,18,20)(H2,17,21,22)/t13-/m1/s1. The number of rotatable bonds is 7. The van der Waals surface area contributed by atoms with Gasteiger partial charge in [0.2, 0.25) is 10.0 Å². The first kappa shape index (κ1) is 19.6. The minimum Gasteiger partial charge on any atom is -0.350 e. The molecule has 0 aliphatic rings. The van der Waals surface area contributed by atoms with E-state index in [1.165, 1.54) is 6.07 Å². The Bertz CT molecular complexity index is 667. The zero-order chi connectivity index (χ0) is 17.8. The fourth-order valence-electron chi connectivity index (χ4n) is 2.70. The third-order valence-corrected chi connectivity index (χ3v) is 5.12. The van der Waals surface area contributed by atoms with Crippen LogP contribution in [0.3, 0.4) is 0 Å². The smallest absolute Gasteiger partial charge is 0.251 e. The lowest BCUT2D eigenvalue weighted by molar-refractivity contribution is 0.0937. The molecule has 0 aromatic heterocycles. The molecule has 1 aromatic rings. The number of aryl methyl sites for hydroxylation is 2. The van der Waals surface area contributed by atoms with Crippen LogP contribution in [0.1, 0.15) is 42.3 Å². The van der Waals surface area contributed by atoms with E-state index in [2.05, 4.69) is 24.1 Å². The van der Waals surface area contributed by atoms with Gasteiger partial charge in [-0.15, -0.1) is 0 Å². The number of nitrogens with zero attached hydrogens (tertiary/aromatic N) is 1. The molecule has 0 aliphatic carbocycles. The van der Waals surface area contributed by atoms with Gasteiger partial charge in [0.15, 0.2) is 0 Å². The Morgan fingerprint density at radius 2 is 1.78 bits per heavy atom. The van der Waals surface area contributed by atoms with E-state index in [-0.39, 0.29) is 16.8 Å². The monoisotopic (exact) mass is 341 g/mol. The summed E-state index contributed by atoms with van der Waals surface area (Å²) in [5.74, 6) is -0.286. The van der Waals surface area contributed by atoms with E-state index in [0.717, 1.165) is 18.7 Å². The molecule has 1 amide bonds. The van der Waals surface area contributed by atoms with Crippen molar-refractivity contribution in [2.75, 3.05) is 19.6 Å². The largest absolute Gasteiger partial charge is 0.350 e. The number of hydrogen-bond donors (Lipinski definition) is 2. The lowest BCUT2D eigenvalue weighted by atomic mass is 10.0. The second-order valence-corrected chi connectivity index (χ2v) is 7.29. The Morgan fingerprint density at radius 3 is 2.26 bits per heavy atom. The van der Waals surface area contributed by atoms with Crippen molar-refractivity contribution in [3.8, 4) is 0 Å². The molecule has 0 saturated heterocycles. The summed E-state index contributed by atoms with van der Waals surface area (Å²) in [4.78, 5) is 14.6. The molecule has 1 rings (SSSR count). The number of carbonyl (C=O) groups excluding carboxylic acids is 1. The Morgan fingerprint density at radius 1 is 1.22 bits per heavy atom. The first-order chi connectivity index (χ1) is 10.6. The molecule has 0 saturated carbocycles. The van der Waals surface area contributed by atoms with Crippen molar-refractivity contribution in [3.05, 3.63) is 28.8 Å². The summed E-state index contributed by atoms with van der Waals surface area (Å²) in [6.07, 6.45) is 0. The van der Waals surface area contributed by atoms with Gasteiger partial charge in [0.1, 0.15) is 0 Å². The summed E-state index contributed by atoms with van der Waals surface area (Å²) in [5.41, 5.74) is 1.60. The highest BCUT2D eigenvalue weighted by Crippen LogP contribution is 2.19. The van der Waals surface area contributed by atoms with Crippen LogP contribution in [0, 0.1) is 13.8 Å². The van der Waals surface area contributed by atoms with Crippen LogP contribution in [0.25, 0.3) is 0 Å². The lowest BCUT2D eigenvalue weighted by Crippen LogP contribution is -2.42. The average molecular weight is 341 g/mol. The minimum absolute atomic E-state index is 0.00922. The van der Waals surface area contributed by atoms with Crippen LogP contribution in [0.15, 0.2) is 17.0 Å². The maximum Gasteiger partial charge on any atom is 0.251 e. The molecule has 0 heterocycles. The van der Waals surface area contributed by atoms with E-state index in [1.807, 2.05) is 6.92 Å². The molecule has 1 aromatic carbocycles. The molecule has 1 atom stereocenters. The number of benzene rings is 1.